The first kappa shape index (κ1) is 10.4. The number of hydrogen-bond donors (Lipinski definition) is 0. The summed E-state index contributed by atoms with van der Waals surface area (Å²) < 4.78 is 2.73. The fourth-order valence-electron chi connectivity index (χ4n) is 0.0690. The van der Waals surface area contributed by atoms with Gasteiger partial charge in [0.1, 0.15) is 0 Å². The summed E-state index contributed by atoms with van der Waals surface area (Å²) in [6, 6.07) is 0. The second-order valence-electron chi connectivity index (χ2n) is 1.10. The predicted octanol–water partition coefficient (Wildman–Crippen LogP) is 4.21. The van der Waals surface area contributed by atoms with Crippen LogP contribution in [0.5, 0.6) is 0 Å². The van der Waals surface area contributed by atoms with Crippen LogP contribution in [0.2, 0.25) is 0 Å². The van der Waals surface area contributed by atoms with Crippen molar-refractivity contribution in [3.63, 3.8) is 0 Å². The van der Waals surface area contributed by atoms with Crippen molar-refractivity contribution in [2.45, 2.75) is 0 Å². The van der Waals surface area contributed by atoms with Gasteiger partial charge >= 0.3 is 69.8 Å². The van der Waals surface area contributed by atoms with Crippen molar-refractivity contribution in [3.8, 4) is 0 Å². The van der Waals surface area contributed by atoms with E-state index in [0.717, 1.165) is 0 Å². The van der Waals surface area contributed by atoms with Crippen LogP contribution in [-0.4, -0.2) is 0 Å². The number of azide groups is 1. The van der Waals surface area contributed by atoms with Crippen LogP contribution < -0.4 is 0 Å². The average Bonchev–Trinajstić information content (AvgIpc) is 1.22. The van der Waals surface area contributed by atoms with Crippen LogP contribution in [0.25, 0.3) is 10.4 Å². The fraction of sp³-hybridized carbons (Fsp3) is 0. The Morgan fingerprint density at radius 2 is 1.44 bits per heavy atom. The maximum atomic E-state index is 7.82. The Balaban J connectivity index is 4.99. The van der Waals surface area contributed by atoms with Crippen LogP contribution in [0, 0.1) is 0 Å². The zero-order chi connectivity index (χ0) is 7.82. The molecule has 0 aromatic rings. The molecular weight excluding hydrogens is 403 g/mol. The Labute approximate surface area is 69.2 Å². The van der Waals surface area contributed by atoms with Crippen LogP contribution in [-0.2, 0) is 8.60 Å². The van der Waals surface area contributed by atoms with Crippen LogP contribution in [0.3, 0.4) is 0 Å². The number of halogens is 5. The van der Waals surface area contributed by atoms with Gasteiger partial charge in [-0.3, -0.25) is 0 Å². The van der Waals surface area contributed by atoms with Crippen molar-refractivity contribution >= 4 is 47.1 Å². The molecule has 9 heavy (non-hydrogen) atoms. The molecule has 0 aromatic heterocycles. The molecule has 0 aliphatic carbocycles. The van der Waals surface area contributed by atoms with E-state index in [1.165, 1.54) is 0 Å². The quantitative estimate of drug-likeness (QED) is 0.358. The van der Waals surface area contributed by atoms with Crippen molar-refractivity contribution in [1.82, 2.24) is 0 Å². The van der Waals surface area contributed by atoms with E-state index in [2.05, 4.69) is 8.58 Å². The molecule has 0 N–H and O–H groups in total. The summed E-state index contributed by atoms with van der Waals surface area (Å²) in [6.07, 6.45) is 0. The van der Waals surface area contributed by atoms with Crippen LogP contribution in [0.4, 0.5) is 0 Å². The molecule has 0 bridgehead atoms. The van der Waals surface area contributed by atoms with Gasteiger partial charge in [-0.25, -0.2) is 0 Å². The molecule has 56 valence electrons. The zero-order valence-electron chi connectivity index (χ0n) is 3.64. The molecule has 0 spiro atoms. The van der Waals surface area contributed by atoms with Gasteiger partial charge in [-0.15, -0.1) is 0 Å². The van der Waals surface area contributed by atoms with Crippen LogP contribution >= 0.6 is 47.1 Å². The van der Waals surface area contributed by atoms with Crippen LogP contribution in [0.1, 0.15) is 0 Å². The van der Waals surface area contributed by atoms with Crippen LogP contribution in [0.15, 0.2) is 3.67 Å². The van der Waals surface area contributed by atoms with Gasteiger partial charge in [-0.05, 0) is 0 Å². The molecule has 0 saturated carbocycles. The standard InChI is InChI=1S/5ClH.N3.W/c;;;;;1-3-2;/h5*1H;;/q;;;;;-1;+6/p-5. The predicted molar refractivity (Wildman–Crippen MR) is 38.4 cm³/mol. The SMILES string of the molecule is [N-]=[N+]=[N][W]([Cl])([Cl])([Cl])([Cl])[Cl]. The summed E-state index contributed by atoms with van der Waals surface area (Å²) >= 11 is 0. The van der Waals surface area contributed by atoms with Gasteiger partial charge in [-0.1, -0.05) is 0 Å². The molecule has 0 aromatic carbocycles. The number of rotatable bonds is 1. The summed E-state index contributed by atoms with van der Waals surface area (Å²) in [5, 5.41) is 0. The topological polar surface area (TPSA) is 48.8 Å². The van der Waals surface area contributed by atoms with E-state index in [1.54, 1.807) is 0 Å². The van der Waals surface area contributed by atoms with E-state index in [0.29, 0.717) is 0 Å². The van der Waals surface area contributed by atoms with Gasteiger partial charge in [0.2, 0.25) is 0 Å². The van der Waals surface area contributed by atoms with Crippen molar-refractivity contribution in [2.24, 2.45) is 3.67 Å². The summed E-state index contributed by atoms with van der Waals surface area (Å²) in [5.41, 5.74) is 7.82. The van der Waals surface area contributed by atoms with Crippen molar-refractivity contribution in [1.29, 1.82) is 0 Å². The molecule has 0 heterocycles. The van der Waals surface area contributed by atoms with E-state index in [4.69, 9.17) is 52.6 Å². The summed E-state index contributed by atoms with van der Waals surface area (Å²) in [6.45, 7) is 0. The van der Waals surface area contributed by atoms with Gasteiger partial charge in [0.25, 0.3) is 0 Å². The number of nitrogens with zero attached hydrogens (tertiary/aromatic N) is 3. The van der Waals surface area contributed by atoms with Gasteiger partial charge in [0.05, 0.1) is 0 Å². The first-order chi connectivity index (χ1) is 3.54. The van der Waals surface area contributed by atoms with Crippen molar-refractivity contribution in [2.75, 3.05) is 0 Å². The Hall–Kier alpha value is 1.45. The van der Waals surface area contributed by atoms with E-state index in [1.807, 2.05) is 0 Å². The van der Waals surface area contributed by atoms with E-state index < -0.39 is 8.60 Å². The van der Waals surface area contributed by atoms with Gasteiger partial charge in [-0.2, -0.15) is 0 Å². The Kier molecular flexibility index (Phi) is 2.30. The number of hydrogen-bond acceptors (Lipinski definition) is 1. The minimum atomic E-state index is -5.85. The molecule has 0 aliphatic heterocycles. The Morgan fingerprint density at radius 3 is 1.44 bits per heavy atom. The molecule has 3 nitrogen and oxygen atoms in total. The molecule has 0 fully saturated rings. The van der Waals surface area contributed by atoms with E-state index >= 15 is 0 Å². The van der Waals surface area contributed by atoms with Crippen molar-refractivity contribution < 1.29 is 8.60 Å². The monoisotopic (exact) mass is 401 g/mol. The fourth-order valence-corrected chi connectivity index (χ4v) is 1.69. The zero-order valence-corrected chi connectivity index (χ0v) is 10.4. The first-order valence-corrected chi connectivity index (χ1v) is 20.8. The molecule has 0 saturated heterocycles. The average molecular weight is 403 g/mol. The van der Waals surface area contributed by atoms with Gasteiger partial charge in [0, 0.05) is 0 Å². The molecule has 0 amide bonds. The molecule has 0 radical (unpaired) electrons. The second-order valence-corrected chi connectivity index (χ2v) is 52.2. The molecule has 0 unspecified atom stereocenters. The third-order valence-electron chi connectivity index (χ3n) is 0.191. The van der Waals surface area contributed by atoms with E-state index in [9.17, 15) is 0 Å². The van der Waals surface area contributed by atoms with E-state index in [-0.39, 0.29) is 0 Å². The minimum absolute atomic E-state index is 2.21. The molecular formula is Cl5N3W. The molecule has 0 atom stereocenters. The van der Waals surface area contributed by atoms with Crippen molar-refractivity contribution in [3.05, 3.63) is 10.4 Å². The normalized spacial score (nSPS) is 19.2. The summed E-state index contributed by atoms with van der Waals surface area (Å²) in [7, 11) is 20.1. The maximum absolute atomic E-state index is 7.82. The third-order valence-corrected chi connectivity index (χ3v) is 4.09. The first-order valence-electron chi connectivity index (χ1n) is 1.35. The van der Waals surface area contributed by atoms with Gasteiger partial charge in [0.15, 0.2) is 0 Å². The Bertz CT molecular complexity index is 165. The second kappa shape index (κ2) is 1.98. The third kappa shape index (κ3) is 9.45. The van der Waals surface area contributed by atoms with Gasteiger partial charge < -0.3 is 0 Å². The molecule has 0 aliphatic rings. The molecule has 9 heteroatoms. The summed E-state index contributed by atoms with van der Waals surface area (Å²) in [4.78, 5) is 2.21. The Morgan fingerprint density at radius 1 is 1.11 bits per heavy atom. The molecule has 0 rings (SSSR count). The summed E-state index contributed by atoms with van der Waals surface area (Å²) in [5.74, 6) is 0.